The van der Waals surface area contributed by atoms with E-state index >= 15 is 0 Å². The Bertz CT molecular complexity index is 673. The number of benzene rings is 1. The van der Waals surface area contributed by atoms with Crippen molar-refractivity contribution in [1.29, 1.82) is 0 Å². The lowest BCUT2D eigenvalue weighted by Crippen LogP contribution is -2.21. The monoisotopic (exact) mass is 339 g/mol. The maximum absolute atomic E-state index is 4.53. The summed E-state index contributed by atoms with van der Waals surface area (Å²) in [5, 5.41) is 6.95. The van der Waals surface area contributed by atoms with Crippen LogP contribution in [0.3, 0.4) is 0 Å². The van der Waals surface area contributed by atoms with Gasteiger partial charge in [-0.3, -0.25) is 0 Å². The van der Waals surface area contributed by atoms with Crippen molar-refractivity contribution in [2.75, 3.05) is 28.6 Å². The van der Waals surface area contributed by atoms with Crippen molar-refractivity contribution in [2.24, 2.45) is 0 Å². The lowest BCUT2D eigenvalue weighted by Gasteiger charge is -2.21. The third-order valence-electron chi connectivity index (χ3n) is 4.81. The van der Waals surface area contributed by atoms with E-state index in [0.29, 0.717) is 6.04 Å². The molecule has 1 aliphatic carbocycles. The van der Waals surface area contributed by atoms with Crippen LogP contribution < -0.4 is 15.5 Å². The number of hydrogen-bond donors (Lipinski definition) is 2. The van der Waals surface area contributed by atoms with Gasteiger partial charge in [0, 0.05) is 36.6 Å². The number of aryl methyl sites for hydroxylation is 1. The van der Waals surface area contributed by atoms with Gasteiger partial charge in [0.15, 0.2) is 0 Å². The van der Waals surface area contributed by atoms with Crippen LogP contribution in [0.25, 0.3) is 0 Å². The van der Waals surface area contributed by atoms with Crippen molar-refractivity contribution in [3.8, 4) is 0 Å². The summed E-state index contributed by atoms with van der Waals surface area (Å²) in [5.74, 6) is 2.54. The largest absolute Gasteiger partial charge is 0.372 e. The van der Waals surface area contributed by atoms with Crippen molar-refractivity contribution >= 4 is 23.0 Å². The first-order chi connectivity index (χ1) is 12.2. The number of nitrogens with one attached hydrogen (secondary N) is 2. The third kappa shape index (κ3) is 4.62. The SMILES string of the molecule is CCN(CC)c1ccc(Nc2cc(NC3CCCC3)nc(C)n2)cc1. The molecule has 134 valence electrons. The molecule has 1 heterocycles. The Morgan fingerprint density at radius 1 is 1.00 bits per heavy atom. The maximum Gasteiger partial charge on any atom is 0.136 e. The van der Waals surface area contributed by atoms with Crippen LogP contribution >= 0.6 is 0 Å². The molecule has 1 saturated carbocycles. The predicted molar refractivity (Wildman–Crippen MR) is 106 cm³/mol. The van der Waals surface area contributed by atoms with E-state index in [-0.39, 0.29) is 0 Å². The number of hydrogen-bond acceptors (Lipinski definition) is 5. The molecule has 2 aromatic rings. The maximum atomic E-state index is 4.53. The van der Waals surface area contributed by atoms with Gasteiger partial charge in [0.05, 0.1) is 0 Å². The summed E-state index contributed by atoms with van der Waals surface area (Å²) < 4.78 is 0. The van der Waals surface area contributed by atoms with Gasteiger partial charge >= 0.3 is 0 Å². The van der Waals surface area contributed by atoms with Gasteiger partial charge in [0.1, 0.15) is 17.5 Å². The van der Waals surface area contributed by atoms with Crippen LogP contribution in [0, 0.1) is 6.92 Å². The Morgan fingerprint density at radius 3 is 2.28 bits per heavy atom. The number of nitrogens with zero attached hydrogens (tertiary/aromatic N) is 3. The first-order valence-corrected chi connectivity index (χ1v) is 9.42. The molecule has 3 rings (SSSR count). The summed E-state index contributed by atoms with van der Waals surface area (Å²) in [5.41, 5.74) is 2.29. The van der Waals surface area contributed by atoms with Gasteiger partial charge in [0.25, 0.3) is 0 Å². The minimum Gasteiger partial charge on any atom is -0.372 e. The smallest absolute Gasteiger partial charge is 0.136 e. The average molecular weight is 339 g/mol. The lowest BCUT2D eigenvalue weighted by atomic mass is 10.2. The first kappa shape index (κ1) is 17.5. The number of anilines is 4. The van der Waals surface area contributed by atoms with Gasteiger partial charge in [-0.25, -0.2) is 9.97 Å². The molecule has 0 spiro atoms. The molecule has 1 fully saturated rings. The fourth-order valence-electron chi connectivity index (χ4n) is 3.48. The van der Waals surface area contributed by atoms with E-state index in [1.807, 2.05) is 13.0 Å². The van der Waals surface area contributed by atoms with Crippen LogP contribution in [0.1, 0.15) is 45.4 Å². The Hall–Kier alpha value is -2.30. The summed E-state index contributed by atoms with van der Waals surface area (Å²) >= 11 is 0. The minimum absolute atomic E-state index is 0.551. The van der Waals surface area contributed by atoms with E-state index in [1.54, 1.807) is 0 Å². The molecule has 0 unspecified atom stereocenters. The zero-order valence-corrected chi connectivity index (χ0v) is 15.5. The van der Waals surface area contributed by atoms with Crippen LogP contribution in [0.4, 0.5) is 23.0 Å². The topological polar surface area (TPSA) is 53.1 Å². The normalized spacial score (nSPS) is 14.5. The van der Waals surface area contributed by atoms with Crippen molar-refractivity contribution in [2.45, 2.75) is 52.5 Å². The van der Waals surface area contributed by atoms with E-state index in [2.05, 4.69) is 63.6 Å². The van der Waals surface area contributed by atoms with E-state index in [1.165, 1.54) is 31.4 Å². The molecule has 1 aromatic heterocycles. The highest BCUT2D eigenvalue weighted by molar-refractivity contribution is 5.62. The number of aromatic nitrogens is 2. The first-order valence-electron chi connectivity index (χ1n) is 9.42. The molecule has 0 bridgehead atoms. The third-order valence-corrected chi connectivity index (χ3v) is 4.81. The van der Waals surface area contributed by atoms with Crippen molar-refractivity contribution in [3.63, 3.8) is 0 Å². The fourth-order valence-corrected chi connectivity index (χ4v) is 3.48. The van der Waals surface area contributed by atoms with Crippen LogP contribution in [-0.2, 0) is 0 Å². The number of rotatable bonds is 7. The quantitative estimate of drug-likeness (QED) is 0.764. The Morgan fingerprint density at radius 2 is 1.64 bits per heavy atom. The highest BCUT2D eigenvalue weighted by Crippen LogP contribution is 2.24. The second-order valence-electron chi connectivity index (χ2n) is 6.66. The van der Waals surface area contributed by atoms with Crippen LogP contribution in [0.5, 0.6) is 0 Å². The molecule has 0 amide bonds. The highest BCUT2D eigenvalue weighted by Gasteiger charge is 2.15. The van der Waals surface area contributed by atoms with E-state index < -0.39 is 0 Å². The van der Waals surface area contributed by atoms with E-state index in [9.17, 15) is 0 Å². The summed E-state index contributed by atoms with van der Waals surface area (Å²) in [6.07, 6.45) is 5.09. The van der Waals surface area contributed by atoms with Gasteiger partial charge in [0.2, 0.25) is 0 Å². The van der Waals surface area contributed by atoms with Crippen molar-refractivity contribution in [3.05, 3.63) is 36.2 Å². The van der Waals surface area contributed by atoms with Crippen LogP contribution in [0.15, 0.2) is 30.3 Å². The second kappa shape index (κ2) is 8.19. The van der Waals surface area contributed by atoms with Gasteiger partial charge in [-0.15, -0.1) is 0 Å². The van der Waals surface area contributed by atoms with Crippen LogP contribution in [-0.4, -0.2) is 29.1 Å². The molecule has 2 N–H and O–H groups in total. The van der Waals surface area contributed by atoms with Gasteiger partial charge in [-0.1, -0.05) is 12.8 Å². The van der Waals surface area contributed by atoms with Gasteiger partial charge in [-0.2, -0.15) is 0 Å². The van der Waals surface area contributed by atoms with E-state index in [4.69, 9.17) is 0 Å². The van der Waals surface area contributed by atoms with Crippen molar-refractivity contribution < 1.29 is 0 Å². The molecule has 25 heavy (non-hydrogen) atoms. The predicted octanol–water partition coefficient (Wildman–Crippen LogP) is 4.73. The molecule has 0 aliphatic heterocycles. The highest BCUT2D eigenvalue weighted by atomic mass is 15.1. The lowest BCUT2D eigenvalue weighted by molar-refractivity contribution is 0.748. The molecular formula is C20H29N5. The molecule has 0 radical (unpaired) electrons. The minimum atomic E-state index is 0.551. The fraction of sp³-hybridized carbons (Fsp3) is 0.500. The Balaban J connectivity index is 1.70. The second-order valence-corrected chi connectivity index (χ2v) is 6.66. The molecule has 1 aromatic carbocycles. The van der Waals surface area contributed by atoms with Gasteiger partial charge < -0.3 is 15.5 Å². The van der Waals surface area contributed by atoms with Gasteiger partial charge in [-0.05, 0) is 57.9 Å². The standard InChI is InChI=1S/C20H29N5/c1-4-25(5-2)18-12-10-17(11-13-18)24-20-14-19(21-15(3)22-20)23-16-8-6-7-9-16/h10-14,16H,4-9H2,1-3H3,(H2,21,22,23,24). The molecular weight excluding hydrogens is 310 g/mol. The Kier molecular flexibility index (Phi) is 5.74. The van der Waals surface area contributed by atoms with E-state index in [0.717, 1.165) is 36.2 Å². The van der Waals surface area contributed by atoms with Crippen LogP contribution in [0.2, 0.25) is 0 Å². The zero-order chi connectivity index (χ0) is 17.6. The molecule has 0 saturated heterocycles. The summed E-state index contributed by atoms with van der Waals surface area (Å²) in [4.78, 5) is 11.4. The molecule has 0 atom stereocenters. The zero-order valence-electron chi connectivity index (χ0n) is 15.5. The molecule has 5 heteroatoms. The summed E-state index contributed by atoms with van der Waals surface area (Å²) in [6.45, 7) is 8.33. The average Bonchev–Trinajstić information content (AvgIpc) is 3.10. The summed E-state index contributed by atoms with van der Waals surface area (Å²) in [7, 11) is 0. The Labute approximate surface area is 150 Å². The summed E-state index contributed by atoms with van der Waals surface area (Å²) in [6, 6.07) is 11.1. The van der Waals surface area contributed by atoms with Crippen molar-refractivity contribution in [1.82, 2.24) is 9.97 Å². The molecule has 5 nitrogen and oxygen atoms in total. The molecule has 1 aliphatic rings.